The number of hydrogen-bond donors (Lipinski definition) is 1. The maximum absolute atomic E-state index is 4.38. The standard InChI is InChI=1S/C12H19N3/c1-10-4-3-6-13-12(10)8-14-11-5-7-15(2)9-11/h3-4,6,11,14H,5,7-9H2,1-2H3. The van der Waals surface area contributed by atoms with Crippen LogP contribution in [-0.2, 0) is 6.54 Å². The van der Waals surface area contributed by atoms with E-state index in [1.54, 1.807) is 0 Å². The summed E-state index contributed by atoms with van der Waals surface area (Å²) in [6.45, 7) is 5.38. The Bertz CT molecular complexity index is 324. The van der Waals surface area contributed by atoms with Gasteiger partial charge < -0.3 is 10.2 Å². The molecule has 0 spiro atoms. The highest BCUT2D eigenvalue weighted by molar-refractivity contribution is 5.17. The fourth-order valence-electron chi connectivity index (χ4n) is 2.05. The van der Waals surface area contributed by atoms with Gasteiger partial charge in [0.1, 0.15) is 0 Å². The van der Waals surface area contributed by atoms with Crippen molar-refractivity contribution < 1.29 is 0 Å². The Morgan fingerprint density at radius 3 is 3.13 bits per heavy atom. The molecule has 1 aliphatic rings. The topological polar surface area (TPSA) is 28.2 Å². The van der Waals surface area contributed by atoms with E-state index in [1.165, 1.54) is 24.2 Å². The van der Waals surface area contributed by atoms with Crippen LogP contribution >= 0.6 is 0 Å². The normalized spacial score (nSPS) is 22.1. The molecule has 0 radical (unpaired) electrons. The largest absolute Gasteiger partial charge is 0.307 e. The van der Waals surface area contributed by atoms with Gasteiger partial charge in [-0.15, -0.1) is 0 Å². The first-order valence-electron chi connectivity index (χ1n) is 5.58. The number of likely N-dealkylation sites (N-methyl/N-ethyl adjacent to an activating group) is 1. The molecule has 0 amide bonds. The number of aryl methyl sites for hydroxylation is 1. The fraction of sp³-hybridized carbons (Fsp3) is 0.583. The summed E-state index contributed by atoms with van der Waals surface area (Å²) >= 11 is 0. The molecular formula is C12H19N3. The highest BCUT2D eigenvalue weighted by Gasteiger charge is 2.18. The van der Waals surface area contributed by atoms with E-state index in [4.69, 9.17) is 0 Å². The van der Waals surface area contributed by atoms with Gasteiger partial charge in [-0.2, -0.15) is 0 Å². The van der Waals surface area contributed by atoms with Crippen molar-refractivity contribution in [2.24, 2.45) is 0 Å². The maximum atomic E-state index is 4.38. The van der Waals surface area contributed by atoms with Gasteiger partial charge in [0, 0.05) is 25.3 Å². The second-order valence-electron chi connectivity index (χ2n) is 4.40. The van der Waals surface area contributed by atoms with Crippen molar-refractivity contribution in [3.63, 3.8) is 0 Å². The van der Waals surface area contributed by atoms with E-state index < -0.39 is 0 Å². The number of hydrogen-bond acceptors (Lipinski definition) is 3. The van der Waals surface area contributed by atoms with E-state index in [1.807, 2.05) is 12.3 Å². The summed E-state index contributed by atoms with van der Waals surface area (Å²) in [6, 6.07) is 4.74. The van der Waals surface area contributed by atoms with Gasteiger partial charge in [0.05, 0.1) is 5.69 Å². The summed E-state index contributed by atoms with van der Waals surface area (Å²) < 4.78 is 0. The molecule has 0 aromatic carbocycles. The minimum atomic E-state index is 0.636. The van der Waals surface area contributed by atoms with Crippen molar-refractivity contribution in [1.82, 2.24) is 15.2 Å². The molecule has 1 saturated heterocycles. The lowest BCUT2D eigenvalue weighted by molar-refractivity contribution is 0.397. The Labute approximate surface area is 91.5 Å². The summed E-state index contributed by atoms with van der Waals surface area (Å²) in [5, 5.41) is 3.56. The first-order valence-corrected chi connectivity index (χ1v) is 5.58. The Kier molecular flexibility index (Phi) is 3.34. The Hall–Kier alpha value is -0.930. The van der Waals surface area contributed by atoms with Crippen molar-refractivity contribution in [2.45, 2.75) is 25.9 Å². The van der Waals surface area contributed by atoms with Gasteiger partial charge in [-0.05, 0) is 38.6 Å². The lowest BCUT2D eigenvalue weighted by Gasteiger charge is -2.13. The number of pyridine rings is 1. The summed E-state index contributed by atoms with van der Waals surface area (Å²) in [5.74, 6) is 0. The zero-order chi connectivity index (χ0) is 10.7. The number of likely N-dealkylation sites (tertiary alicyclic amines) is 1. The molecular weight excluding hydrogens is 186 g/mol. The molecule has 1 aromatic rings. The molecule has 0 aliphatic carbocycles. The van der Waals surface area contributed by atoms with Gasteiger partial charge in [0.15, 0.2) is 0 Å². The lowest BCUT2D eigenvalue weighted by atomic mass is 10.2. The van der Waals surface area contributed by atoms with Gasteiger partial charge in [0.2, 0.25) is 0 Å². The monoisotopic (exact) mass is 205 g/mol. The average Bonchev–Trinajstić information content (AvgIpc) is 2.63. The smallest absolute Gasteiger partial charge is 0.0570 e. The van der Waals surface area contributed by atoms with Crippen LogP contribution in [0.1, 0.15) is 17.7 Å². The third-order valence-electron chi connectivity index (χ3n) is 3.07. The fourth-order valence-corrected chi connectivity index (χ4v) is 2.05. The van der Waals surface area contributed by atoms with Gasteiger partial charge >= 0.3 is 0 Å². The van der Waals surface area contributed by atoms with Crippen molar-refractivity contribution in [3.05, 3.63) is 29.6 Å². The second kappa shape index (κ2) is 4.73. The number of rotatable bonds is 3. The van der Waals surface area contributed by atoms with E-state index >= 15 is 0 Å². The van der Waals surface area contributed by atoms with Crippen molar-refractivity contribution >= 4 is 0 Å². The van der Waals surface area contributed by atoms with Crippen LogP contribution in [0.3, 0.4) is 0 Å². The SMILES string of the molecule is Cc1cccnc1CNC1CCN(C)C1. The molecule has 2 rings (SSSR count). The Morgan fingerprint density at radius 1 is 1.60 bits per heavy atom. The second-order valence-corrected chi connectivity index (χ2v) is 4.40. The third kappa shape index (κ3) is 2.76. The molecule has 1 aliphatic heterocycles. The van der Waals surface area contributed by atoms with Crippen LogP contribution in [0.2, 0.25) is 0 Å². The van der Waals surface area contributed by atoms with Crippen LogP contribution in [0.15, 0.2) is 18.3 Å². The zero-order valence-electron chi connectivity index (χ0n) is 9.53. The minimum Gasteiger partial charge on any atom is -0.307 e. The molecule has 1 fully saturated rings. The van der Waals surface area contributed by atoms with Gasteiger partial charge in [-0.3, -0.25) is 4.98 Å². The Morgan fingerprint density at radius 2 is 2.47 bits per heavy atom. The predicted octanol–water partition coefficient (Wildman–Crippen LogP) is 1.18. The van der Waals surface area contributed by atoms with E-state index in [0.717, 1.165) is 13.1 Å². The van der Waals surface area contributed by atoms with Crippen LogP contribution in [0.25, 0.3) is 0 Å². The molecule has 3 nitrogen and oxygen atoms in total. The molecule has 1 aromatic heterocycles. The van der Waals surface area contributed by atoms with Crippen LogP contribution in [-0.4, -0.2) is 36.1 Å². The molecule has 0 bridgehead atoms. The van der Waals surface area contributed by atoms with Crippen LogP contribution in [0.4, 0.5) is 0 Å². The van der Waals surface area contributed by atoms with E-state index in [-0.39, 0.29) is 0 Å². The highest BCUT2D eigenvalue weighted by Crippen LogP contribution is 2.08. The first-order chi connectivity index (χ1) is 7.25. The number of nitrogens with zero attached hydrogens (tertiary/aromatic N) is 2. The van der Waals surface area contributed by atoms with Crippen LogP contribution < -0.4 is 5.32 Å². The molecule has 1 N–H and O–H groups in total. The Balaban J connectivity index is 1.86. The maximum Gasteiger partial charge on any atom is 0.0570 e. The minimum absolute atomic E-state index is 0.636. The van der Waals surface area contributed by atoms with E-state index in [0.29, 0.717) is 6.04 Å². The third-order valence-corrected chi connectivity index (χ3v) is 3.07. The van der Waals surface area contributed by atoms with E-state index in [2.05, 4.69) is 35.2 Å². The molecule has 1 atom stereocenters. The van der Waals surface area contributed by atoms with E-state index in [9.17, 15) is 0 Å². The quantitative estimate of drug-likeness (QED) is 0.803. The molecule has 15 heavy (non-hydrogen) atoms. The molecule has 0 saturated carbocycles. The summed E-state index contributed by atoms with van der Waals surface area (Å²) in [7, 11) is 2.17. The van der Waals surface area contributed by atoms with Crippen molar-refractivity contribution in [1.29, 1.82) is 0 Å². The molecule has 82 valence electrons. The average molecular weight is 205 g/mol. The highest BCUT2D eigenvalue weighted by atomic mass is 15.2. The zero-order valence-corrected chi connectivity index (χ0v) is 9.53. The van der Waals surface area contributed by atoms with Crippen molar-refractivity contribution in [3.8, 4) is 0 Å². The summed E-state index contributed by atoms with van der Waals surface area (Å²) in [6.07, 6.45) is 3.12. The molecule has 3 heteroatoms. The summed E-state index contributed by atoms with van der Waals surface area (Å²) in [4.78, 5) is 6.75. The van der Waals surface area contributed by atoms with Gasteiger partial charge in [-0.1, -0.05) is 6.07 Å². The van der Waals surface area contributed by atoms with Crippen molar-refractivity contribution in [2.75, 3.05) is 20.1 Å². The predicted molar refractivity (Wildman–Crippen MR) is 61.7 cm³/mol. The van der Waals surface area contributed by atoms with Crippen LogP contribution in [0.5, 0.6) is 0 Å². The number of aromatic nitrogens is 1. The number of nitrogens with one attached hydrogen (secondary N) is 1. The van der Waals surface area contributed by atoms with Gasteiger partial charge in [0.25, 0.3) is 0 Å². The lowest BCUT2D eigenvalue weighted by Crippen LogP contribution is -2.31. The molecule has 2 heterocycles. The van der Waals surface area contributed by atoms with Gasteiger partial charge in [-0.25, -0.2) is 0 Å². The first kappa shape index (κ1) is 10.6. The van der Waals surface area contributed by atoms with Crippen LogP contribution in [0, 0.1) is 6.92 Å². The summed E-state index contributed by atoms with van der Waals surface area (Å²) in [5.41, 5.74) is 2.45. The molecule has 1 unspecified atom stereocenters.